The highest BCUT2D eigenvalue weighted by Gasteiger charge is 2.39. The first-order valence-corrected chi connectivity index (χ1v) is 10.9. The zero-order valence-corrected chi connectivity index (χ0v) is 19.3. The van der Waals surface area contributed by atoms with Crippen molar-refractivity contribution in [1.82, 2.24) is 0 Å². The molecular formula is C22H9Br2ClN2O4. The van der Waals surface area contributed by atoms with Crippen molar-refractivity contribution in [1.29, 1.82) is 0 Å². The summed E-state index contributed by atoms with van der Waals surface area (Å²) in [6.07, 6.45) is 0. The summed E-state index contributed by atoms with van der Waals surface area (Å²) in [6, 6.07) is 14.0. The zero-order valence-electron chi connectivity index (χ0n) is 15.4. The van der Waals surface area contributed by atoms with Gasteiger partial charge in [0, 0.05) is 8.95 Å². The molecule has 0 saturated heterocycles. The minimum atomic E-state index is -0.499. The van der Waals surface area contributed by atoms with Crippen molar-refractivity contribution in [3.8, 4) is 0 Å². The Morgan fingerprint density at radius 1 is 0.581 bits per heavy atom. The number of benzene rings is 3. The Balaban J connectivity index is 1.52. The first-order valence-electron chi connectivity index (χ1n) is 8.94. The van der Waals surface area contributed by atoms with Crippen molar-refractivity contribution >= 4 is 78.5 Å². The molecule has 2 aliphatic rings. The Morgan fingerprint density at radius 2 is 1.06 bits per heavy atom. The van der Waals surface area contributed by atoms with Gasteiger partial charge < -0.3 is 0 Å². The number of hydrogen-bond donors (Lipinski definition) is 0. The average Bonchev–Trinajstić information content (AvgIpc) is 3.12. The molecule has 2 heterocycles. The molecule has 6 nitrogen and oxygen atoms in total. The van der Waals surface area contributed by atoms with Crippen LogP contribution in [0, 0.1) is 0 Å². The molecular weight excluding hydrogens is 552 g/mol. The number of halogens is 3. The summed E-state index contributed by atoms with van der Waals surface area (Å²) in [6.45, 7) is 0. The lowest BCUT2D eigenvalue weighted by Gasteiger charge is -2.19. The van der Waals surface area contributed by atoms with Crippen LogP contribution in [0.4, 0.5) is 11.4 Å². The quantitative estimate of drug-likeness (QED) is 0.390. The van der Waals surface area contributed by atoms with Gasteiger partial charge in [-0.1, -0.05) is 43.5 Å². The lowest BCUT2D eigenvalue weighted by Crippen LogP contribution is -2.31. The predicted molar refractivity (Wildman–Crippen MR) is 122 cm³/mol. The molecule has 0 atom stereocenters. The van der Waals surface area contributed by atoms with Gasteiger partial charge in [-0.25, -0.2) is 9.80 Å². The predicted octanol–water partition coefficient (Wildman–Crippen LogP) is 5.47. The molecule has 5 rings (SSSR count). The summed E-state index contributed by atoms with van der Waals surface area (Å²) in [4.78, 5) is 53.2. The minimum absolute atomic E-state index is 0.0591. The van der Waals surface area contributed by atoms with Crippen molar-refractivity contribution in [2.45, 2.75) is 0 Å². The van der Waals surface area contributed by atoms with E-state index in [1.165, 1.54) is 18.2 Å². The normalized spacial score (nSPS) is 15.1. The molecule has 0 aliphatic carbocycles. The molecule has 9 heteroatoms. The van der Waals surface area contributed by atoms with Gasteiger partial charge in [-0.2, -0.15) is 0 Å². The van der Waals surface area contributed by atoms with Gasteiger partial charge >= 0.3 is 0 Å². The van der Waals surface area contributed by atoms with Gasteiger partial charge in [0.2, 0.25) is 0 Å². The van der Waals surface area contributed by atoms with E-state index in [0.717, 1.165) is 9.80 Å². The zero-order chi connectivity index (χ0) is 22.0. The van der Waals surface area contributed by atoms with Gasteiger partial charge in [0.05, 0.1) is 38.7 Å². The number of hydrogen-bond acceptors (Lipinski definition) is 4. The molecule has 152 valence electrons. The van der Waals surface area contributed by atoms with Gasteiger partial charge in [-0.05, 0) is 54.6 Å². The van der Waals surface area contributed by atoms with Gasteiger partial charge in [0.15, 0.2) is 0 Å². The Labute approximate surface area is 197 Å². The fraction of sp³-hybridized carbons (Fsp3) is 0. The SMILES string of the molecule is O=C1c2ccc(Br)cc2C(=O)N1c1ccc(N2C(=O)c3ccc(Br)cc3C2=O)c(Cl)c1. The number of fused-ring (bicyclic) bond motifs is 2. The maximum atomic E-state index is 12.8. The van der Waals surface area contributed by atoms with Crippen LogP contribution in [0.1, 0.15) is 41.4 Å². The van der Waals surface area contributed by atoms with Crippen LogP contribution in [-0.2, 0) is 0 Å². The number of amides is 4. The second-order valence-corrected chi connectivity index (χ2v) is 9.15. The second kappa shape index (κ2) is 7.12. The standard InChI is InChI=1S/C22H9Br2ClN2O4/c23-10-1-4-13-15(7-10)21(30)26(19(13)28)12-3-6-18(17(25)9-12)27-20(29)14-5-2-11(24)8-16(14)22(27)31/h1-9H. The Kier molecular flexibility index (Phi) is 4.62. The van der Waals surface area contributed by atoms with E-state index >= 15 is 0 Å². The maximum absolute atomic E-state index is 12.8. The summed E-state index contributed by atoms with van der Waals surface area (Å²) in [5, 5.41) is 0.0591. The molecule has 0 aromatic heterocycles. The Bertz CT molecular complexity index is 1370. The number of imide groups is 2. The van der Waals surface area contributed by atoms with Crippen LogP contribution in [0.2, 0.25) is 5.02 Å². The highest BCUT2D eigenvalue weighted by atomic mass is 79.9. The van der Waals surface area contributed by atoms with E-state index in [2.05, 4.69) is 31.9 Å². The molecule has 0 fully saturated rings. The third kappa shape index (κ3) is 2.97. The minimum Gasteiger partial charge on any atom is -0.268 e. The topological polar surface area (TPSA) is 74.8 Å². The van der Waals surface area contributed by atoms with Crippen LogP contribution < -0.4 is 9.80 Å². The molecule has 4 amide bonds. The summed E-state index contributed by atoms with van der Waals surface area (Å²) in [5.41, 5.74) is 1.54. The van der Waals surface area contributed by atoms with Crippen LogP contribution in [0.15, 0.2) is 63.5 Å². The summed E-state index contributed by atoms with van der Waals surface area (Å²) in [5.74, 6) is -1.94. The molecule has 3 aromatic carbocycles. The van der Waals surface area contributed by atoms with Gasteiger partial charge in [-0.3, -0.25) is 19.2 Å². The van der Waals surface area contributed by atoms with Crippen molar-refractivity contribution in [2.75, 3.05) is 9.80 Å². The van der Waals surface area contributed by atoms with E-state index in [1.54, 1.807) is 36.4 Å². The highest BCUT2D eigenvalue weighted by molar-refractivity contribution is 9.10. The van der Waals surface area contributed by atoms with Crippen molar-refractivity contribution in [2.24, 2.45) is 0 Å². The van der Waals surface area contributed by atoms with E-state index in [4.69, 9.17) is 11.6 Å². The molecule has 31 heavy (non-hydrogen) atoms. The Morgan fingerprint density at radius 3 is 1.61 bits per heavy atom. The summed E-state index contributed by atoms with van der Waals surface area (Å²) in [7, 11) is 0. The monoisotopic (exact) mass is 558 g/mol. The van der Waals surface area contributed by atoms with E-state index in [-0.39, 0.29) is 33.1 Å². The number of carbonyl (C=O) groups excluding carboxylic acids is 4. The lowest BCUT2D eigenvalue weighted by atomic mass is 10.1. The fourth-order valence-corrected chi connectivity index (χ4v) is 4.68. The van der Waals surface area contributed by atoms with Crippen LogP contribution in [0.5, 0.6) is 0 Å². The third-order valence-corrected chi connectivity index (χ3v) is 6.42. The van der Waals surface area contributed by atoms with E-state index < -0.39 is 23.6 Å². The molecule has 0 spiro atoms. The molecule has 0 N–H and O–H groups in total. The van der Waals surface area contributed by atoms with Crippen LogP contribution >= 0.6 is 43.5 Å². The maximum Gasteiger partial charge on any atom is 0.266 e. The number of anilines is 2. The van der Waals surface area contributed by atoms with E-state index in [0.29, 0.717) is 14.5 Å². The van der Waals surface area contributed by atoms with Crippen LogP contribution in [0.25, 0.3) is 0 Å². The summed E-state index contributed by atoms with van der Waals surface area (Å²) >= 11 is 13.0. The summed E-state index contributed by atoms with van der Waals surface area (Å²) < 4.78 is 1.35. The van der Waals surface area contributed by atoms with Crippen molar-refractivity contribution < 1.29 is 19.2 Å². The first kappa shape index (κ1) is 20.1. The van der Waals surface area contributed by atoms with Crippen LogP contribution in [-0.4, -0.2) is 23.6 Å². The fourth-order valence-electron chi connectivity index (χ4n) is 3.70. The van der Waals surface area contributed by atoms with Crippen molar-refractivity contribution in [3.63, 3.8) is 0 Å². The molecule has 3 aromatic rings. The van der Waals surface area contributed by atoms with E-state index in [9.17, 15) is 19.2 Å². The van der Waals surface area contributed by atoms with Gasteiger partial charge in [0.25, 0.3) is 23.6 Å². The van der Waals surface area contributed by atoms with Crippen molar-refractivity contribution in [3.05, 3.63) is 90.8 Å². The van der Waals surface area contributed by atoms with E-state index in [1.807, 2.05) is 0 Å². The average molecular weight is 561 g/mol. The number of rotatable bonds is 2. The number of nitrogens with zero attached hydrogens (tertiary/aromatic N) is 2. The molecule has 2 aliphatic heterocycles. The smallest absolute Gasteiger partial charge is 0.266 e. The molecule has 0 unspecified atom stereocenters. The first-order chi connectivity index (χ1) is 14.8. The largest absolute Gasteiger partial charge is 0.268 e. The van der Waals surface area contributed by atoms with Gasteiger partial charge in [0.1, 0.15) is 0 Å². The molecule has 0 saturated carbocycles. The lowest BCUT2D eigenvalue weighted by molar-refractivity contribution is 0.0909. The Hall–Kier alpha value is -2.81. The molecule has 0 radical (unpaired) electrons. The van der Waals surface area contributed by atoms with Crippen LogP contribution in [0.3, 0.4) is 0 Å². The third-order valence-electron chi connectivity index (χ3n) is 5.13. The number of carbonyl (C=O) groups is 4. The second-order valence-electron chi connectivity index (χ2n) is 6.91. The highest BCUT2D eigenvalue weighted by Crippen LogP contribution is 2.38. The molecule has 0 bridgehead atoms. The van der Waals surface area contributed by atoms with Gasteiger partial charge in [-0.15, -0.1) is 0 Å².